The zero-order chi connectivity index (χ0) is 21.3. The number of hydrogen-bond donors (Lipinski definition) is 2. The number of halogens is 2. The number of aryl methyl sites for hydroxylation is 2. The van der Waals surface area contributed by atoms with Crippen LogP contribution in [-0.2, 0) is 22.4 Å². The van der Waals surface area contributed by atoms with Crippen molar-refractivity contribution in [3.05, 3.63) is 94.0 Å². The molecule has 0 saturated carbocycles. The summed E-state index contributed by atoms with van der Waals surface area (Å²) < 4.78 is 0. The van der Waals surface area contributed by atoms with Gasteiger partial charge in [-0.05, 0) is 60.4 Å². The van der Waals surface area contributed by atoms with E-state index in [0.717, 1.165) is 11.1 Å². The van der Waals surface area contributed by atoms with E-state index in [1.54, 1.807) is 24.3 Å². The van der Waals surface area contributed by atoms with Crippen LogP contribution < -0.4 is 10.6 Å². The summed E-state index contributed by atoms with van der Waals surface area (Å²) in [5.41, 5.74) is 3.25. The van der Waals surface area contributed by atoms with Crippen LogP contribution in [0.4, 0.5) is 11.4 Å². The number of nitrogens with one attached hydrogen (secondary N) is 2. The molecule has 0 radical (unpaired) electrons. The van der Waals surface area contributed by atoms with Gasteiger partial charge in [0.1, 0.15) is 0 Å². The van der Waals surface area contributed by atoms with E-state index >= 15 is 0 Å². The molecule has 6 heteroatoms. The van der Waals surface area contributed by atoms with E-state index in [4.69, 9.17) is 23.2 Å². The zero-order valence-corrected chi connectivity index (χ0v) is 17.8. The van der Waals surface area contributed by atoms with Crippen molar-refractivity contribution in [1.29, 1.82) is 0 Å². The van der Waals surface area contributed by atoms with Gasteiger partial charge in [0.05, 0.1) is 0 Å². The zero-order valence-electron chi connectivity index (χ0n) is 16.3. The van der Waals surface area contributed by atoms with Gasteiger partial charge in [-0.2, -0.15) is 0 Å². The molecule has 3 aromatic rings. The van der Waals surface area contributed by atoms with Crippen molar-refractivity contribution in [3.8, 4) is 0 Å². The first-order valence-electron chi connectivity index (χ1n) is 9.68. The van der Waals surface area contributed by atoms with Gasteiger partial charge in [0.2, 0.25) is 11.8 Å². The van der Waals surface area contributed by atoms with Gasteiger partial charge < -0.3 is 10.6 Å². The normalized spacial score (nSPS) is 10.5. The van der Waals surface area contributed by atoms with Crippen molar-refractivity contribution in [2.24, 2.45) is 0 Å². The van der Waals surface area contributed by atoms with E-state index < -0.39 is 0 Å². The molecule has 0 heterocycles. The average molecular weight is 441 g/mol. The molecule has 0 atom stereocenters. The Balaban J connectivity index is 1.45. The van der Waals surface area contributed by atoms with Crippen molar-refractivity contribution >= 4 is 46.4 Å². The van der Waals surface area contributed by atoms with Gasteiger partial charge in [-0.15, -0.1) is 0 Å². The molecular weight excluding hydrogens is 419 g/mol. The number of carbonyl (C=O) groups excluding carboxylic acids is 2. The lowest BCUT2D eigenvalue weighted by Crippen LogP contribution is -2.14. The minimum absolute atomic E-state index is 0.0913. The van der Waals surface area contributed by atoms with Gasteiger partial charge in [0.25, 0.3) is 0 Å². The molecule has 2 amide bonds. The Hall–Kier alpha value is -2.82. The fourth-order valence-corrected chi connectivity index (χ4v) is 3.44. The van der Waals surface area contributed by atoms with Crippen LogP contribution in [0.15, 0.2) is 72.8 Å². The highest BCUT2D eigenvalue weighted by atomic mass is 35.5. The summed E-state index contributed by atoms with van der Waals surface area (Å²) in [7, 11) is 0. The van der Waals surface area contributed by atoms with Gasteiger partial charge in [-0.3, -0.25) is 9.59 Å². The maximum Gasteiger partial charge on any atom is 0.224 e. The number of rotatable bonds is 8. The molecule has 30 heavy (non-hydrogen) atoms. The van der Waals surface area contributed by atoms with Crippen LogP contribution >= 0.6 is 23.2 Å². The van der Waals surface area contributed by atoms with E-state index in [0.29, 0.717) is 47.1 Å². The number of anilines is 2. The van der Waals surface area contributed by atoms with E-state index in [-0.39, 0.29) is 11.8 Å². The van der Waals surface area contributed by atoms with Crippen LogP contribution in [0.1, 0.15) is 24.0 Å². The largest absolute Gasteiger partial charge is 0.326 e. The molecule has 0 aliphatic heterocycles. The Labute approximate surface area is 186 Å². The first kappa shape index (κ1) is 21.9. The molecule has 0 aliphatic rings. The van der Waals surface area contributed by atoms with Gasteiger partial charge in [-0.25, -0.2) is 0 Å². The van der Waals surface area contributed by atoms with E-state index in [1.807, 2.05) is 48.5 Å². The molecule has 4 nitrogen and oxygen atoms in total. The second-order valence-electron chi connectivity index (χ2n) is 6.86. The predicted molar refractivity (Wildman–Crippen MR) is 123 cm³/mol. The van der Waals surface area contributed by atoms with Crippen molar-refractivity contribution < 1.29 is 9.59 Å². The second-order valence-corrected chi connectivity index (χ2v) is 7.67. The van der Waals surface area contributed by atoms with Crippen molar-refractivity contribution in [2.75, 3.05) is 10.6 Å². The molecule has 154 valence electrons. The fraction of sp³-hybridized carbons (Fsp3) is 0.167. The number of carbonyl (C=O) groups is 2. The van der Waals surface area contributed by atoms with Crippen molar-refractivity contribution in [2.45, 2.75) is 25.7 Å². The molecular formula is C24H22Cl2N2O2. The summed E-state index contributed by atoms with van der Waals surface area (Å²) in [6, 6.07) is 22.0. The molecule has 0 fully saturated rings. The topological polar surface area (TPSA) is 58.2 Å². The van der Waals surface area contributed by atoms with Gasteiger partial charge in [0, 0.05) is 34.3 Å². The van der Waals surface area contributed by atoms with Crippen LogP contribution in [-0.4, -0.2) is 11.8 Å². The molecule has 0 spiro atoms. The summed E-state index contributed by atoms with van der Waals surface area (Å²) in [5, 5.41) is 7.04. The Kier molecular flexibility index (Phi) is 7.89. The fourth-order valence-electron chi connectivity index (χ4n) is 2.98. The highest BCUT2D eigenvalue weighted by Crippen LogP contribution is 2.19. The highest BCUT2D eigenvalue weighted by molar-refractivity contribution is 6.31. The summed E-state index contributed by atoms with van der Waals surface area (Å²) in [6.07, 6.45) is 1.82. The molecule has 0 bridgehead atoms. The smallest absolute Gasteiger partial charge is 0.224 e. The SMILES string of the molecule is O=C(CCc1ccccc1Cl)Nc1ccc(NC(=O)CCc2ccccc2Cl)cc1. The van der Waals surface area contributed by atoms with Crippen molar-refractivity contribution in [3.63, 3.8) is 0 Å². The van der Waals surface area contributed by atoms with Crippen LogP contribution in [0.3, 0.4) is 0 Å². The maximum atomic E-state index is 12.2. The highest BCUT2D eigenvalue weighted by Gasteiger charge is 2.08. The average Bonchev–Trinajstić information content (AvgIpc) is 2.74. The third kappa shape index (κ3) is 6.61. The van der Waals surface area contributed by atoms with E-state index in [9.17, 15) is 9.59 Å². The standard InChI is InChI=1S/C24H22Cl2N2O2/c25-21-7-3-1-5-17(21)9-15-23(29)27-19-11-13-20(14-12-19)28-24(30)16-10-18-6-2-4-8-22(18)26/h1-8,11-14H,9-10,15-16H2,(H,27,29)(H,28,30). The van der Waals surface area contributed by atoms with Crippen LogP contribution in [0.5, 0.6) is 0 Å². The van der Waals surface area contributed by atoms with Crippen LogP contribution in [0, 0.1) is 0 Å². The monoisotopic (exact) mass is 440 g/mol. The second kappa shape index (κ2) is 10.8. The minimum Gasteiger partial charge on any atom is -0.326 e. The first-order valence-corrected chi connectivity index (χ1v) is 10.4. The summed E-state index contributed by atoms with van der Waals surface area (Å²) in [4.78, 5) is 24.3. The molecule has 2 N–H and O–H groups in total. The van der Waals surface area contributed by atoms with Crippen LogP contribution in [0.2, 0.25) is 10.0 Å². The Morgan fingerprint density at radius 1 is 0.600 bits per heavy atom. The third-order valence-corrected chi connectivity index (χ3v) is 5.35. The maximum absolute atomic E-state index is 12.2. The molecule has 0 saturated heterocycles. The van der Waals surface area contributed by atoms with Crippen molar-refractivity contribution in [1.82, 2.24) is 0 Å². The third-order valence-electron chi connectivity index (χ3n) is 4.61. The molecule has 3 aromatic carbocycles. The first-order chi connectivity index (χ1) is 14.5. The minimum atomic E-state index is -0.0913. The van der Waals surface area contributed by atoms with Gasteiger partial charge in [0.15, 0.2) is 0 Å². The lowest BCUT2D eigenvalue weighted by atomic mass is 10.1. The molecule has 0 unspecified atom stereocenters. The predicted octanol–water partition coefficient (Wildman–Crippen LogP) is 6.14. The van der Waals surface area contributed by atoms with Gasteiger partial charge >= 0.3 is 0 Å². The summed E-state index contributed by atoms with van der Waals surface area (Å²) in [5.74, 6) is -0.183. The number of benzene rings is 3. The lowest BCUT2D eigenvalue weighted by Gasteiger charge is -2.09. The quantitative estimate of drug-likeness (QED) is 0.442. The number of hydrogen-bond acceptors (Lipinski definition) is 2. The molecule has 0 aliphatic carbocycles. The summed E-state index contributed by atoms with van der Waals surface area (Å²) >= 11 is 12.2. The van der Waals surface area contributed by atoms with E-state index in [1.165, 1.54) is 0 Å². The van der Waals surface area contributed by atoms with Crippen LogP contribution in [0.25, 0.3) is 0 Å². The van der Waals surface area contributed by atoms with Gasteiger partial charge in [-0.1, -0.05) is 59.6 Å². The Morgan fingerprint density at radius 2 is 0.967 bits per heavy atom. The summed E-state index contributed by atoms with van der Waals surface area (Å²) in [6.45, 7) is 0. The Morgan fingerprint density at radius 3 is 1.33 bits per heavy atom. The lowest BCUT2D eigenvalue weighted by molar-refractivity contribution is -0.117. The Bertz CT molecular complexity index is 937. The molecule has 3 rings (SSSR count). The van der Waals surface area contributed by atoms with E-state index in [2.05, 4.69) is 10.6 Å². The number of amides is 2. The molecule has 0 aromatic heterocycles.